The summed E-state index contributed by atoms with van der Waals surface area (Å²) in [7, 11) is 0. The zero-order chi connectivity index (χ0) is 22.5. The van der Waals surface area contributed by atoms with Crippen LogP contribution in [0, 0.1) is 0 Å². The summed E-state index contributed by atoms with van der Waals surface area (Å²) in [6.07, 6.45) is 0. The lowest BCUT2D eigenvalue weighted by atomic mass is 10.1. The van der Waals surface area contributed by atoms with Crippen LogP contribution in [0.25, 0.3) is 22.2 Å². The Labute approximate surface area is 183 Å². The molecule has 0 spiro atoms. The van der Waals surface area contributed by atoms with E-state index in [1.54, 1.807) is 24.3 Å². The molecule has 0 radical (unpaired) electrons. The van der Waals surface area contributed by atoms with Crippen LogP contribution in [-0.2, 0) is 6.54 Å². The largest absolute Gasteiger partial charge is 0.490 e. The molecule has 0 saturated carbocycles. The average molecular weight is 431 g/mol. The monoisotopic (exact) mass is 431 g/mol. The number of benzene rings is 2. The first-order chi connectivity index (χ1) is 15.6. The second kappa shape index (κ2) is 9.30. The molecule has 0 fully saturated rings. The van der Waals surface area contributed by atoms with Crippen LogP contribution < -0.4 is 21.2 Å². The summed E-state index contributed by atoms with van der Waals surface area (Å²) in [5.41, 5.74) is 0.660. The summed E-state index contributed by atoms with van der Waals surface area (Å²) in [4.78, 5) is 37.1. The quantitative estimate of drug-likeness (QED) is 0.452. The third-order valence-corrected chi connectivity index (χ3v) is 4.81. The molecule has 0 aliphatic heterocycles. The highest BCUT2D eigenvalue weighted by molar-refractivity contribution is 5.97. The van der Waals surface area contributed by atoms with Crippen LogP contribution in [0.15, 0.2) is 80.7 Å². The van der Waals surface area contributed by atoms with E-state index in [1.165, 1.54) is 16.8 Å². The Morgan fingerprint density at radius 1 is 1.06 bits per heavy atom. The summed E-state index contributed by atoms with van der Waals surface area (Å²) in [6, 6.07) is 19.2. The van der Waals surface area contributed by atoms with Gasteiger partial charge in [-0.25, -0.2) is 9.48 Å². The van der Waals surface area contributed by atoms with Gasteiger partial charge in [-0.2, -0.15) is 5.10 Å². The Hall–Kier alpha value is -4.20. The van der Waals surface area contributed by atoms with Crippen molar-refractivity contribution >= 4 is 16.9 Å². The molecule has 32 heavy (non-hydrogen) atoms. The molecule has 2 aromatic carbocycles. The Morgan fingerprint density at radius 2 is 1.88 bits per heavy atom. The maximum atomic E-state index is 12.6. The fourth-order valence-electron chi connectivity index (χ4n) is 3.29. The topological polar surface area (TPSA) is 103 Å². The first kappa shape index (κ1) is 21.0. The van der Waals surface area contributed by atoms with Gasteiger partial charge in [-0.3, -0.25) is 9.59 Å². The van der Waals surface area contributed by atoms with Crippen LogP contribution in [-0.4, -0.2) is 28.8 Å². The zero-order valence-electron chi connectivity index (χ0n) is 17.4. The highest BCUT2D eigenvalue weighted by atomic mass is 16.5. The first-order valence-electron chi connectivity index (χ1n) is 10.2. The van der Waals surface area contributed by atoms with Crippen LogP contribution in [0.2, 0.25) is 0 Å². The van der Waals surface area contributed by atoms with Crippen molar-refractivity contribution in [3.8, 4) is 17.0 Å². The molecule has 0 atom stereocenters. The van der Waals surface area contributed by atoms with Gasteiger partial charge in [-0.1, -0.05) is 42.5 Å². The third kappa shape index (κ3) is 4.44. The van der Waals surface area contributed by atoms with E-state index in [1.807, 2.05) is 37.3 Å². The lowest BCUT2D eigenvalue weighted by Crippen LogP contribution is -2.33. The third-order valence-electron chi connectivity index (χ3n) is 4.81. The summed E-state index contributed by atoms with van der Waals surface area (Å²) < 4.78 is 12.1. The predicted molar refractivity (Wildman–Crippen MR) is 120 cm³/mol. The van der Waals surface area contributed by atoms with Crippen LogP contribution in [0.1, 0.15) is 17.3 Å². The average Bonchev–Trinajstić information content (AvgIpc) is 2.81. The van der Waals surface area contributed by atoms with Gasteiger partial charge in [0.25, 0.3) is 11.5 Å². The Kier molecular flexibility index (Phi) is 6.12. The molecule has 8 heteroatoms. The highest BCUT2D eigenvalue weighted by Crippen LogP contribution is 2.24. The number of ether oxygens (including phenoxy) is 1. The van der Waals surface area contributed by atoms with Crippen molar-refractivity contribution in [2.45, 2.75) is 13.5 Å². The highest BCUT2D eigenvalue weighted by Gasteiger charge is 2.15. The smallest absolute Gasteiger partial charge is 0.349 e. The van der Waals surface area contributed by atoms with E-state index in [2.05, 4.69) is 10.4 Å². The minimum absolute atomic E-state index is 0.112. The first-order valence-corrected chi connectivity index (χ1v) is 10.2. The molecule has 1 N–H and O–H groups in total. The van der Waals surface area contributed by atoms with E-state index in [4.69, 9.17) is 9.15 Å². The van der Waals surface area contributed by atoms with E-state index in [0.717, 1.165) is 5.56 Å². The van der Waals surface area contributed by atoms with E-state index in [9.17, 15) is 14.4 Å². The molecule has 0 aliphatic carbocycles. The van der Waals surface area contributed by atoms with Crippen molar-refractivity contribution < 1.29 is 13.9 Å². The summed E-state index contributed by atoms with van der Waals surface area (Å²) in [5, 5.41) is 7.58. The summed E-state index contributed by atoms with van der Waals surface area (Å²) >= 11 is 0. The van der Waals surface area contributed by atoms with Crippen molar-refractivity contribution in [2.75, 3.05) is 13.2 Å². The van der Waals surface area contributed by atoms with E-state index in [-0.39, 0.29) is 24.2 Å². The second-order valence-electron chi connectivity index (χ2n) is 6.96. The predicted octanol–water partition coefficient (Wildman–Crippen LogP) is 2.85. The SMILES string of the molecule is CCOc1cccc2cc(C(=O)NCCn3nc(-c4ccccc4)ccc3=O)c(=O)oc12. The number of carbonyl (C=O) groups is 1. The van der Waals surface area contributed by atoms with Gasteiger partial charge in [0, 0.05) is 23.6 Å². The molecule has 162 valence electrons. The Balaban J connectivity index is 1.49. The minimum atomic E-state index is -0.761. The molecule has 4 aromatic rings. The molecule has 0 aliphatic rings. The van der Waals surface area contributed by atoms with Gasteiger partial charge in [0.15, 0.2) is 11.3 Å². The summed E-state index contributed by atoms with van der Waals surface area (Å²) in [6.45, 7) is 2.51. The molecule has 0 saturated heterocycles. The fraction of sp³-hybridized carbons (Fsp3) is 0.167. The van der Waals surface area contributed by atoms with Crippen molar-refractivity contribution in [1.82, 2.24) is 15.1 Å². The van der Waals surface area contributed by atoms with Gasteiger partial charge in [0.1, 0.15) is 5.56 Å². The standard InChI is InChI=1S/C24H21N3O5/c1-2-31-20-10-6-9-17-15-18(24(30)32-22(17)20)23(29)25-13-14-27-21(28)12-11-19(26-27)16-7-4-3-5-8-16/h3-12,15H,2,13-14H2,1H3,(H,25,29). The lowest BCUT2D eigenvalue weighted by Gasteiger charge is -2.09. The maximum Gasteiger partial charge on any atom is 0.349 e. The number of amides is 1. The van der Waals surface area contributed by atoms with E-state index < -0.39 is 11.5 Å². The number of hydrogen-bond donors (Lipinski definition) is 1. The number of rotatable bonds is 7. The number of nitrogens with zero attached hydrogens (tertiary/aromatic N) is 2. The van der Waals surface area contributed by atoms with Crippen molar-refractivity contribution in [2.24, 2.45) is 0 Å². The van der Waals surface area contributed by atoms with E-state index in [0.29, 0.717) is 29.0 Å². The number of nitrogens with one attached hydrogen (secondary N) is 1. The van der Waals surface area contributed by atoms with Gasteiger partial charge in [0.2, 0.25) is 0 Å². The Morgan fingerprint density at radius 3 is 2.66 bits per heavy atom. The molecular formula is C24H21N3O5. The Bertz CT molecular complexity index is 1380. The molecule has 2 heterocycles. The maximum absolute atomic E-state index is 12.6. The number of fused-ring (bicyclic) bond motifs is 1. The minimum Gasteiger partial charge on any atom is -0.490 e. The normalized spacial score (nSPS) is 10.8. The zero-order valence-corrected chi connectivity index (χ0v) is 17.4. The van der Waals surface area contributed by atoms with Crippen LogP contribution in [0.5, 0.6) is 5.75 Å². The van der Waals surface area contributed by atoms with Crippen molar-refractivity contribution in [1.29, 1.82) is 0 Å². The molecule has 4 rings (SSSR count). The van der Waals surface area contributed by atoms with Gasteiger partial charge in [-0.05, 0) is 25.1 Å². The molecule has 2 aromatic heterocycles. The molecule has 8 nitrogen and oxygen atoms in total. The van der Waals surface area contributed by atoms with Gasteiger partial charge in [-0.15, -0.1) is 0 Å². The number of para-hydroxylation sites is 1. The van der Waals surface area contributed by atoms with E-state index >= 15 is 0 Å². The number of carbonyl (C=O) groups excluding carboxylic acids is 1. The number of aromatic nitrogens is 2. The molecule has 0 bridgehead atoms. The van der Waals surface area contributed by atoms with Crippen LogP contribution in [0.4, 0.5) is 0 Å². The van der Waals surface area contributed by atoms with Gasteiger partial charge in [0.05, 0.1) is 18.8 Å². The van der Waals surface area contributed by atoms with Crippen LogP contribution >= 0.6 is 0 Å². The number of hydrogen-bond acceptors (Lipinski definition) is 6. The second-order valence-corrected chi connectivity index (χ2v) is 6.96. The van der Waals surface area contributed by atoms with Gasteiger partial charge < -0.3 is 14.5 Å². The molecule has 0 unspecified atom stereocenters. The molecule has 1 amide bonds. The molecular weight excluding hydrogens is 410 g/mol. The van der Waals surface area contributed by atoms with Gasteiger partial charge >= 0.3 is 5.63 Å². The van der Waals surface area contributed by atoms with Crippen LogP contribution in [0.3, 0.4) is 0 Å². The fourth-order valence-corrected chi connectivity index (χ4v) is 3.29. The van der Waals surface area contributed by atoms with Crippen molar-refractivity contribution in [3.63, 3.8) is 0 Å². The van der Waals surface area contributed by atoms with Crippen molar-refractivity contribution in [3.05, 3.63) is 93.1 Å². The summed E-state index contributed by atoms with van der Waals surface area (Å²) in [5.74, 6) is -0.146. The lowest BCUT2D eigenvalue weighted by molar-refractivity contribution is 0.0948.